The predicted molar refractivity (Wildman–Crippen MR) is 91.1 cm³/mol. The standard InChI is InChI=1S/C17H21N3O3S/c1-11-9-20(7-8-22-11)17(21)14-5-4-6-18-16(14)24-10-15-12(2)19-23-13(15)3/h4-6,11H,7-10H2,1-3H3/t11-/m0/s1. The third kappa shape index (κ3) is 3.62. The molecule has 3 heterocycles. The molecule has 2 aromatic heterocycles. The Morgan fingerprint density at radius 3 is 3.00 bits per heavy atom. The molecule has 3 rings (SSSR count). The van der Waals surface area contributed by atoms with E-state index >= 15 is 0 Å². The number of aryl methyl sites for hydroxylation is 2. The minimum Gasteiger partial charge on any atom is -0.375 e. The lowest BCUT2D eigenvalue weighted by atomic mass is 10.2. The second kappa shape index (κ2) is 7.36. The van der Waals surface area contributed by atoms with Crippen LogP contribution >= 0.6 is 11.8 Å². The summed E-state index contributed by atoms with van der Waals surface area (Å²) >= 11 is 1.54. The summed E-state index contributed by atoms with van der Waals surface area (Å²) in [5.74, 6) is 1.50. The van der Waals surface area contributed by atoms with Crippen molar-refractivity contribution in [1.82, 2.24) is 15.0 Å². The largest absolute Gasteiger partial charge is 0.375 e. The molecule has 1 saturated heterocycles. The Labute approximate surface area is 145 Å². The van der Waals surface area contributed by atoms with Crippen LogP contribution in [0, 0.1) is 13.8 Å². The molecule has 0 spiro atoms. The van der Waals surface area contributed by atoms with E-state index in [4.69, 9.17) is 9.26 Å². The van der Waals surface area contributed by atoms with Gasteiger partial charge in [0, 0.05) is 30.6 Å². The third-order valence-corrected chi connectivity index (χ3v) is 5.10. The highest BCUT2D eigenvalue weighted by molar-refractivity contribution is 7.98. The van der Waals surface area contributed by atoms with Crippen molar-refractivity contribution in [3.63, 3.8) is 0 Å². The van der Waals surface area contributed by atoms with Crippen molar-refractivity contribution in [1.29, 1.82) is 0 Å². The van der Waals surface area contributed by atoms with Crippen LogP contribution in [-0.2, 0) is 10.5 Å². The molecule has 1 aliphatic rings. The van der Waals surface area contributed by atoms with Crippen LogP contribution in [0.1, 0.15) is 34.3 Å². The summed E-state index contributed by atoms with van der Waals surface area (Å²) in [6.45, 7) is 7.61. The lowest BCUT2D eigenvalue weighted by Gasteiger charge is -2.31. The molecule has 1 fully saturated rings. The van der Waals surface area contributed by atoms with Gasteiger partial charge < -0.3 is 14.2 Å². The van der Waals surface area contributed by atoms with Crippen molar-refractivity contribution >= 4 is 17.7 Å². The molecular formula is C17H21N3O3S. The number of ether oxygens (including phenoxy) is 1. The zero-order valence-electron chi connectivity index (χ0n) is 14.1. The molecule has 0 radical (unpaired) electrons. The molecular weight excluding hydrogens is 326 g/mol. The van der Waals surface area contributed by atoms with Gasteiger partial charge in [0.15, 0.2) is 0 Å². The second-order valence-corrected chi connectivity index (χ2v) is 6.84. The number of hydrogen-bond donors (Lipinski definition) is 0. The molecule has 24 heavy (non-hydrogen) atoms. The van der Waals surface area contributed by atoms with E-state index in [2.05, 4.69) is 10.1 Å². The lowest BCUT2D eigenvalue weighted by molar-refractivity contribution is -0.0125. The molecule has 128 valence electrons. The summed E-state index contributed by atoms with van der Waals surface area (Å²) in [4.78, 5) is 19.1. The first kappa shape index (κ1) is 17.0. The number of aromatic nitrogens is 2. The van der Waals surface area contributed by atoms with Gasteiger partial charge in [-0.05, 0) is 32.9 Å². The van der Waals surface area contributed by atoms with Gasteiger partial charge in [0.05, 0.1) is 24.0 Å². The average Bonchev–Trinajstić information content (AvgIpc) is 2.91. The maximum atomic E-state index is 12.8. The van der Waals surface area contributed by atoms with Crippen LogP contribution in [0.3, 0.4) is 0 Å². The van der Waals surface area contributed by atoms with Gasteiger partial charge in [-0.15, -0.1) is 11.8 Å². The van der Waals surface area contributed by atoms with Crippen LogP contribution in [-0.4, -0.2) is 46.7 Å². The zero-order valence-corrected chi connectivity index (χ0v) is 14.9. The van der Waals surface area contributed by atoms with E-state index in [-0.39, 0.29) is 12.0 Å². The number of hydrogen-bond acceptors (Lipinski definition) is 6. The van der Waals surface area contributed by atoms with E-state index in [9.17, 15) is 4.79 Å². The summed E-state index contributed by atoms with van der Waals surface area (Å²) in [6.07, 6.45) is 1.78. The normalized spacial score (nSPS) is 18.0. The lowest BCUT2D eigenvalue weighted by Crippen LogP contribution is -2.44. The molecule has 6 nitrogen and oxygen atoms in total. The molecule has 1 amide bonds. The molecule has 1 atom stereocenters. The maximum absolute atomic E-state index is 12.8. The van der Waals surface area contributed by atoms with Crippen LogP contribution in [0.2, 0.25) is 0 Å². The first-order valence-electron chi connectivity index (χ1n) is 7.96. The highest BCUT2D eigenvalue weighted by Gasteiger charge is 2.25. The maximum Gasteiger partial charge on any atom is 0.256 e. The van der Waals surface area contributed by atoms with Crippen molar-refractivity contribution in [2.45, 2.75) is 37.7 Å². The summed E-state index contributed by atoms with van der Waals surface area (Å²) in [5.41, 5.74) is 2.58. The highest BCUT2D eigenvalue weighted by atomic mass is 32.2. The van der Waals surface area contributed by atoms with E-state index in [1.807, 2.05) is 31.7 Å². The molecule has 0 aromatic carbocycles. The van der Waals surface area contributed by atoms with Gasteiger partial charge in [0.1, 0.15) is 10.8 Å². The SMILES string of the molecule is Cc1noc(C)c1CSc1ncccc1C(=O)N1CCO[C@@H](C)C1. The van der Waals surface area contributed by atoms with E-state index in [0.29, 0.717) is 31.0 Å². The topological polar surface area (TPSA) is 68.5 Å². The summed E-state index contributed by atoms with van der Waals surface area (Å²) in [6, 6.07) is 3.64. The number of amides is 1. The van der Waals surface area contributed by atoms with Crippen LogP contribution in [0.5, 0.6) is 0 Å². The average molecular weight is 347 g/mol. The predicted octanol–water partition coefficient (Wildman–Crippen LogP) is 2.84. The van der Waals surface area contributed by atoms with Crippen LogP contribution in [0.15, 0.2) is 27.9 Å². The molecule has 2 aromatic rings. The van der Waals surface area contributed by atoms with Crippen molar-refractivity contribution < 1.29 is 14.1 Å². The van der Waals surface area contributed by atoms with Gasteiger partial charge in [-0.2, -0.15) is 0 Å². The van der Waals surface area contributed by atoms with Gasteiger partial charge in [-0.25, -0.2) is 4.98 Å². The van der Waals surface area contributed by atoms with Crippen molar-refractivity contribution in [3.8, 4) is 0 Å². The third-order valence-electron chi connectivity index (χ3n) is 4.06. The minimum atomic E-state index is 0.0134. The molecule has 0 aliphatic carbocycles. The van der Waals surface area contributed by atoms with Gasteiger partial charge in [-0.3, -0.25) is 4.79 Å². The quantitative estimate of drug-likeness (QED) is 0.792. The molecule has 0 saturated carbocycles. The molecule has 0 unspecified atom stereocenters. The van der Waals surface area contributed by atoms with Gasteiger partial charge >= 0.3 is 0 Å². The minimum absolute atomic E-state index is 0.0134. The Balaban J connectivity index is 1.76. The van der Waals surface area contributed by atoms with Gasteiger partial charge in [-0.1, -0.05) is 5.16 Å². The Hall–Kier alpha value is -1.86. The fourth-order valence-electron chi connectivity index (χ4n) is 2.69. The number of thioether (sulfide) groups is 1. The Bertz CT molecular complexity index is 712. The number of morpholine rings is 1. The molecule has 7 heteroatoms. The Morgan fingerprint density at radius 2 is 2.29 bits per heavy atom. The van der Waals surface area contributed by atoms with Crippen molar-refractivity contribution in [2.75, 3.05) is 19.7 Å². The van der Waals surface area contributed by atoms with Crippen LogP contribution in [0.4, 0.5) is 0 Å². The molecule has 0 N–H and O–H groups in total. The number of carbonyl (C=O) groups excluding carboxylic acids is 1. The summed E-state index contributed by atoms with van der Waals surface area (Å²) < 4.78 is 10.7. The fourth-order valence-corrected chi connectivity index (χ4v) is 3.83. The van der Waals surface area contributed by atoms with E-state index in [0.717, 1.165) is 22.0 Å². The molecule has 0 bridgehead atoms. The number of rotatable bonds is 4. The van der Waals surface area contributed by atoms with Gasteiger partial charge in [0.2, 0.25) is 0 Å². The number of pyridine rings is 1. The summed E-state index contributed by atoms with van der Waals surface area (Å²) in [7, 11) is 0. The smallest absolute Gasteiger partial charge is 0.256 e. The van der Waals surface area contributed by atoms with E-state index in [1.54, 1.807) is 12.3 Å². The Kier molecular flexibility index (Phi) is 5.20. The van der Waals surface area contributed by atoms with Crippen molar-refractivity contribution in [3.05, 3.63) is 40.9 Å². The van der Waals surface area contributed by atoms with Gasteiger partial charge in [0.25, 0.3) is 5.91 Å². The van der Waals surface area contributed by atoms with Crippen LogP contribution < -0.4 is 0 Å². The Morgan fingerprint density at radius 1 is 1.46 bits per heavy atom. The molecule has 1 aliphatic heterocycles. The fraction of sp³-hybridized carbons (Fsp3) is 0.471. The zero-order chi connectivity index (χ0) is 17.1. The van der Waals surface area contributed by atoms with Crippen molar-refractivity contribution in [2.24, 2.45) is 0 Å². The second-order valence-electron chi connectivity index (χ2n) is 5.88. The first-order chi connectivity index (χ1) is 11.6. The summed E-state index contributed by atoms with van der Waals surface area (Å²) in [5, 5.41) is 4.71. The first-order valence-corrected chi connectivity index (χ1v) is 8.95. The monoisotopic (exact) mass is 347 g/mol. The highest BCUT2D eigenvalue weighted by Crippen LogP contribution is 2.28. The van der Waals surface area contributed by atoms with E-state index in [1.165, 1.54) is 11.8 Å². The number of carbonyl (C=O) groups is 1. The van der Waals surface area contributed by atoms with E-state index < -0.39 is 0 Å². The van der Waals surface area contributed by atoms with Crippen LogP contribution in [0.25, 0.3) is 0 Å². The number of nitrogens with zero attached hydrogens (tertiary/aromatic N) is 3.